The molecular formula is C17H21NO. The molecule has 19 heavy (non-hydrogen) atoms. The van der Waals surface area contributed by atoms with Crippen molar-refractivity contribution in [2.75, 3.05) is 5.32 Å². The van der Waals surface area contributed by atoms with E-state index in [0.717, 1.165) is 31.4 Å². The summed E-state index contributed by atoms with van der Waals surface area (Å²) < 4.78 is 0. The molecule has 1 N–H and O–H groups in total. The summed E-state index contributed by atoms with van der Waals surface area (Å²) in [6.45, 7) is 0. The minimum absolute atomic E-state index is 0.163. The Morgan fingerprint density at radius 2 is 2.16 bits per heavy atom. The minimum Gasteiger partial charge on any atom is -0.326 e. The molecule has 0 aromatic heterocycles. The molecule has 1 atom stereocenters. The Bertz CT molecular complexity index is 504. The van der Waals surface area contributed by atoms with Gasteiger partial charge in [0, 0.05) is 12.1 Å². The lowest BCUT2D eigenvalue weighted by Gasteiger charge is -2.20. The number of benzene rings is 1. The largest absolute Gasteiger partial charge is 0.326 e. The molecule has 0 saturated carbocycles. The van der Waals surface area contributed by atoms with Gasteiger partial charge in [0.25, 0.3) is 0 Å². The first-order valence-corrected chi connectivity index (χ1v) is 7.40. The number of anilines is 1. The minimum atomic E-state index is 0.163. The van der Waals surface area contributed by atoms with Crippen molar-refractivity contribution in [1.29, 1.82) is 0 Å². The Hall–Kier alpha value is -1.57. The van der Waals surface area contributed by atoms with Crippen molar-refractivity contribution in [2.24, 2.45) is 5.92 Å². The van der Waals surface area contributed by atoms with Gasteiger partial charge in [-0.05, 0) is 61.6 Å². The van der Waals surface area contributed by atoms with Gasteiger partial charge in [0.05, 0.1) is 0 Å². The van der Waals surface area contributed by atoms with Crippen molar-refractivity contribution in [3.8, 4) is 0 Å². The summed E-state index contributed by atoms with van der Waals surface area (Å²) in [6, 6.07) is 6.31. The Balaban J connectivity index is 1.69. The van der Waals surface area contributed by atoms with Crippen molar-refractivity contribution in [3.05, 3.63) is 41.5 Å². The Morgan fingerprint density at radius 3 is 3.00 bits per heavy atom. The number of nitrogens with one attached hydrogen (secondary N) is 1. The van der Waals surface area contributed by atoms with Crippen molar-refractivity contribution < 1.29 is 4.79 Å². The first-order valence-electron chi connectivity index (χ1n) is 7.40. The van der Waals surface area contributed by atoms with Gasteiger partial charge in [-0.3, -0.25) is 4.79 Å². The monoisotopic (exact) mass is 255 g/mol. The number of aryl methyl sites for hydroxylation is 1. The molecule has 0 radical (unpaired) electrons. The van der Waals surface area contributed by atoms with Crippen LogP contribution in [-0.4, -0.2) is 5.91 Å². The molecule has 0 saturated heterocycles. The fourth-order valence-corrected chi connectivity index (χ4v) is 3.20. The maximum absolute atomic E-state index is 12.1. The van der Waals surface area contributed by atoms with Crippen LogP contribution in [-0.2, 0) is 17.6 Å². The first-order chi connectivity index (χ1) is 9.33. The number of fused-ring (bicyclic) bond motifs is 1. The van der Waals surface area contributed by atoms with Gasteiger partial charge in [-0.25, -0.2) is 0 Å². The molecule has 0 heterocycles. The molecule has 1 aromatic rings. The van der Waals surface area contributed by atoms with Gasteiger partial charge >= 0.3 is 0 Å². The van der Waals surface area contributed by atoms with Crippen LogP contribution in [0, 0.1) is 5.92 Å². The quantitative estimate of drug-likeness (QED) is 0.816. The Morgan fingerprint density at radius 1 is 1.26 bits per heavy atom. The van der Waals surface area contributed by atoms with Crippen LogP contribution in [0.3, 0.4) is 0 Å². The van der Waals surface area contributed by atoms with Gasteiger partial charge in [0.2, 0.25) is 5.91 Å². The van der Waals surface area contributed by atoms with Gasteiger partial charge < -0.3 is 5.32 Å². The SMILES string of the molecule is O=C(CC1C=CCC1)Nc1cccc2c1CCCC2. The van der Waals surface area contributed by atoms with Crippen molar-refractivity contribution in [3.63, 3.8) is 0 Å². The molecule has 2 nitrogen and oxygen atoms in total. The van der Waals surface area contributed by atoms with E-state index in [9.17, 15) is 4.79 Å². The molecule has 0 spiro atoms. The van der Waals surface area contributed by atoms with Gasteiger partial charge in [-0.1, -0.05) is 24.3 Å². The molecule has 0 bridgehead atoms. The van der Waals surface area contributed by atoms with E-state index in [2.05, 4.69) is 29.6 Å². The summed E-state index contributed by atoms with van der Waals surface area (Å²) in [5, 5.41) is 3.12. The number of hydrogen-bond donors (Lipinski definition) is 1. The third kappa shape index (κ3) is 2.89. The van der Waals surface area contributed by atoms with E-state index in [1.807, 2.05) is 6.07 Å². The third-order valence-corrected chi connectivity index (χ3v) is 4.23. The molecule has 0 fully saturated rings. The molecule has 2 aliphatic rings. The van der Waals surface area contributed by atoms with Crippen LogP contribution < -0.4 is 5.32 Å². The average Bonchev–Trinajstić information content (AvgIpc) is 2.92. The van der Waals surface area contributed by atoms with Crippen LogP contribution in [0.25, 0.3) is 0 Å². The predicted octanol–water partition coefficient (Wildman–Crippen LogP) is 3.86. The van der Waals surface area contributed by atoms with Crippen LogP contribution >= 0.6 is 0 Å². The summed E-state index contributed by atoms with van der Waals surface area (Å²) in [6.07, 6.45) is 12.0. The highest BCUT2D eigenvalue weighted by Crippen LogP contribution is 2.28. The molecule has 0 aliphatic heterocycles. The Labute approximate surface area is 114 Å². The molecule has 1 aromatic carbocycles. The fourth-order valence-electron chi connectivity index (χ4n) is 3.20. The second kappa shape index (κ2) is 5.60. The lowest BCUT2D eigenvalue weighted by Crippen LogP contribution is -2.17. The van der Waals surface area contributed by atoms with E-state index in [4.69, 9.17) is 0 Å². The van der Waals surface area contributed by atoms with Gasteiger partial charge in [0.1, 0.15) is 0 Å². The second-order valence-corrected chi connectivity index (χ2v) is 5.67. The third-order valence-electron chi connectivity index (χ3n) is 4.23. The summed E-state index contributed by atoms with van der Waals surface area (Å²) >= 11 is 0. The number of allylic oxidation sites excluding steroid dienone is 2. The maximum atomic E-state index is 12.1. The van der Waals surface area contributed by atoms with Crippen molar-refractivity contribution in [2.45, 2.75) is 44.9 Å². The van der Waals surface area contributed by atoms with E-state index in [1.54, 1.807) is 0 Å². The summed E-state index contributed by atoms with van der Waals surface area (Å²) in [5.74, 6) is 0.607. The van der Waals surface area contributed by atoms with Gasteiger partial charge in [-0.2, -0.15) is 0 Å². The number of rotatable bonds is 3. The molecule has 1 unspecified atom stereocenters. The summed E-state index contributed by atoms with van der Waals surface area (Å²) in [4.78, 5) is 12.1. The highest BCUT2D eigenvalue weighted by molar-refractivity contribution is 5.92. The Kier molecular flexibility index (Phi) is 3.67. The summed E-state index contributed by atoms with van der Waals surface area (Å²) in [5.41, 5.74) is 3.83. The van der Waals surface area contributed by atoms with E-state index in [0.29, 0.717) is 12.3 Å². The van der Waals surface area contributed by atoms with Gasteiger partial charge in [-0.15, -0.1) is 0 Å². The number of carbonyl (C=O) groups is 1. The van der Waals surface area contributed by atoms with Crippen LogP contribution in [0.15, 0.2) is 30.4 Å². The van der Waals surface area contributed by atoms with Crippen molar-refractivity contribution in [1.82, 2.24) is 0 Å². The lowest BCUT2D eigenvalue weighted by atomic mass is 9.90. The first kappa shape index (κ1) is 12.5. The molecule has 2 heteroatoms. The van der Waals surface area contributed by atoms with E-state index >= 15 is 0 Å². The zero-order chi connectivity index (χ0) is 13.1. The van der Waals surface area contributed by atoms with Crippen LogP contribution in [0.5, 0.6) is 0 Å². The topological polar surface area (TPSA) is 29.1 Å². The molecule has 100 valence electrons. The second-order valence-electron chi connectivity index (χ2n) is 5.67. The van der Waals surface area contributed by atoms with Gasteiger partial charge in [0.15, 0.2) is 0 Å². The number of carbonyl (C=O) groups excluding carboxylic acids is 1. The zero-order valence-electron chi connectivity index (χ0n) is 11.3. The fraction of sp³-hybridized carbons (Fsp3) is 0.471. The van der Waals surface area contributed by atoms with Crippen LogP contribution in [0.2, 0.25) is 0 Å². The average molecular weight is 255 g/mol. The van der Waals surface area contributed by atoms with Crippen LogP contribution in [0.1, 0.15) is 43.2 Å². The standard InChI is InChI=1S/C17H21NO/c19-17(12-13-6-1-2-7-13)18-16-11-5-9-14-8-3-4-10-15(14)16/h1,5-6,9,11,13H,2-4,7-8,10,12H2,(H,18,19). The highest BCUT2D eigenvalue weighted by Gasteiger charge is 2.17. The summed E-state index contributed by atoms with van der Waals surface area (Å²) in [7, 11) is 0. The van der Waals surface area contributed by atoms with Crippen LogP contribution in [0.4, 0.5) is 5.69 Å². The molecule has 2 aliphatic carbocycles. The van der Waals surface area contributed by atoms with E-state index in [1.165, 1.54) is 24.0 Å². The number of amides is 1. The molecular weight excluding hydrogens is 234 g/mol. The lowest BCUT2D eigenvalue weighted by molar-refractivity contribution is -0.116. The van der Waals surface area contributed by atoms with Crippen molar-refractivity contribution >= 4 is 11.6 Å². The van der Waals surface area contributed by atoms with E-state index < -0.39 is 0 Å². The molecule has 3 rings (SSSR count). The zero-order valence-corrected chi connectivity index (χ0v) is 11.3. The van der Waals surface area contributed by atoms with E-state index in [-0.39, 0.29) is 5.91 Å². The maximum Gasteiger partial charge on any atom is 0.224 e. The predicted molar refractivity (Wildman–Crippen MR) is 78.2 cm³/mol. The normalized spacial score (nSPS) is 21.2. The highest BCUT2D eigenvalue weighted by atomic mass is 16.1. The smallest absolute Gasteiger partial charge is 0.224 e. The number of hydrogen-bond acceptors (Lipinski definition) is 1. The molecule has 1 amide bonds.